The van der Waals surface area contributed by atoms with Crippen LogP contribution in [-0.2, 0) is 0 Å². The molecule has 2 rings (SSSR count). The fourth-order valence-corrected chi connectivity index (χ4v) is 2.80. The van der Waals surface area contributed by atoms with Crippen LogP contribution < -0.4 is 11.1 Å². The highest BCUT2D eigenvalue weighted by molar-refractivity contribution is 7.80. The van der Waals surface area contributed by atoms with E-state index in [1.165, 1.54) is 0 Å². The maximum atomic E-state index is 13.7. The maximum absolute atomic E-state index is 13.7. The highest BCUT2D eigenvalue weighted by Crippen LogP contribution is 2.30. The van der Waals surface area contributed by atoms with Crippen molar-refractivity contribution in [1.29, 1.82) is 0 Å². The molecule has 0 aliphatic heterocycles. The lowest BCUT2D eigenvalue weighted by atomic mass is 9.97. The maximum Gasteiger partial charge on any atom is 0.255 e. The zero-order valence-electron chi connectivity index (χ0n) is 10.5. The molecule has 7 heteroatoms. The second-order valence-electron chi connectivity index (χ2n) is 4.85. The zero-order chi connectivity index (χ0) is 14.9. The first-order chi connectivity index (χ1) is 9.35. The summed E-state index contributed by atoms with van der Waals surface area (Å²) >= 11 is 10.4. The minimum Gasteiger partial charge on any atom is -0.391 e. The number of carbonyl (C=O) groups excluding carboxylic acids is 1. The summed E-state index contributed by atoms with van der Waals surface area (Å²) in [5.74, 6) is -2.48. The molecule has 3 N–H and O–H groups in total. The molecule has 0 spiro atoms. The average molecular weight is 319 g/mol. The second-order valence-corrected chi connectivity index (χ2v) is 5.70. The van der Waals surface area contributed by atoms with Crippen molar-refractivity contribution in [3.8, 4) is 0 Å². The van der Waals surface area contributed by atoms with Crippen LogP contribution in [0.15, 0.2) is 12.1 Å². The Balaban J connectivity index is 2.28. The molecule has 0 atom stereocenters. The van der Waals surface area contributed by atoms with Gasteiger partial charge in [-0.05, 0) is 25.0 Å². The van der Waals surface area contributed by atoms with E-state index in [9.17, 15) is 13.6 Å². The Morgan fingerprint density at radius 2 is 1.90 bits per heavy atom. The van der Waals surface area contributed by atoms with E-state index >= 15 is 0 Å². The lowest BCUT2D eigenvalue weighted by molar-refractivity contribution is 0.0920. The lowest BCUT2D eigenvalue weighted by Crippen LogP contribution is -2.54. The van der Waals surface area contributed by atoms with Gasteiger partial charge in [0.2, 0.25) is 0 Å². The number of carbonyl (C=O) groups is 1. The molecule has 108 valence electrons. The quantitative estimate of drug-likeness (QED) is 0.665. The summed E-state index contributed by atoms with van der Waals surface area (Å²) < 4.78 is 27.1. The first-order valence-corrected chi connectivity index (χ1v) is 6.91. The van der Waals surface area contributed by atoms with Gasteiger partial charge in [-0.25, -0.2) is 8.78 Å². The van der Waals surface area contributed by atoms with Gasteiger partial charge in [0.1, 0.15) is 11.6 Å². The van der Waals surface area contributed by atoms with Crippen LogP contribution in [0.2, 0.25) is 5.02 Å². The number of benzene rings is 1. The van der Waals surface area contributed by atoms with Crippen molar-refractivity contribution in [3.05, 3.63) is 34.4 Å². The molecule has 1 aromatic rings. The first-order valence-electron chi connectivity index (χ1n) is 6.13. The molecule has 1 aliphatic carbocycles. The summed E-state index contributed by atoms with van der Waals surface area (Å²) in [6, 6.07) is 1.54. The number of nitrogens with one attached hydrogen (secondary N) is 1. The summed E-state index contributed by atoms with van der Waals surface area (Å²) in [5.41, 5.74) is 4.46. The first kappa shape index (κ1) is 15.1. The molecule has 0 radical (unpaired) electrons. The largest absolute Gasteiger partial charge is 0.391 e. The molecular formula is C13H13ClF2N2OS. The summed E-state index contributed by atoms with van der Waals surface area (Å²) in [4.78, 5) is 12.3. The number of amides is 1. The number of rotatable bonds is 3. The molecule has 3 nitrogen and oxygen atoms in total. The van der Waals surface area contributed by atoms with Crippen molar-refractivity contribution in [2.45, 2.75) is 31.2 Å². The number of thiocarbonyl (C=S) groups is 1. The van der Waals surface area contributed by atoms with Gasteiger partial charge >= 0.3 is 0 Å². The van der Waals surface area contributed by atoms with Gasteiger partial charge in [-0.1, -0.05) is 36.7 Å². The molecule has 1 saturated carbocycles. The van der Waals surface area contributed by atoms with E-state index in [-0.39, 0.29) is 10.0 Å². The van der Waals surface area contributed by atoms with E-state index in [0.29, 0.717) is 12.8 Å². The third kappa shape index (κ3) is 2.76. The zero-order valence-corrected chi connectivity index (χ0v) is 12.1. The second kappa shape index (κ2) is 5.61. The molecule has 0 unspecified atom stereocenters. The number of halogens is 3. The third-order valence-electron chi connectivity index (χ3n) is 3.54. The molecule has 1 aromatic carbocycles. The van der Waals surface area contributed by atoms with Gasteiger partial charge < -0.3 is 11.1 Å². The Labute approximate surface area is 125 Å². The number of nitrogens with two attached hydrogens (primary N) is 1. The highest BCUT2D eigenvalue weighted by Gasteiger charge is 2.38. The summed E-state index contributed by atoms with van der Waals surface area (Å²) in [6.07, 6.45) is 2.95. The van der Waals surface area contributed by atoms with Gasteiger partial charge in [-0.15, -0.1) is 0 Å². The molecule has 0 aromatic heterocycles. The fourth-order valence-electron chi connectivity index (χ4n) is 2.39. The van der Waals surface area contributed by atoms with Crippen molar-refractivity contribution in [2.24, 2.45) is 5.73 Å². The minimum absolute atomic E-state index is 0.165. The van der Waals surface area contributed by atoms with Gasteiger partial charge in [-0.2, -0.15) is 0 Å². The van der Waals surface area contributed by atoms with E-state index in [2.05, 4.69) is 5.32 Å². The Kier molecular flexibility index (Phi) is 4.25. The molecule has 1 amide bonds. The Hall–Kier alpha value is -1.27. The molecular weight excluding hydrogens is 306 g/mol. The van der Waals surface area contributed by atoms with E-state index in [1.54, 1.807) is 0 Å². The third-order valence-corrected chi connectivity index (χ3v) is 4.22. The lowest BCUT2D eigenvalue weighted by Gasteiger charge is -2.29. The molecule has 0 saturated heterocycles. The Morgan fingerprint density at radius 1 is 1.30 bits per heavy atom. The molecule has 0 heterocycles. The SMILES string of the molecule is NC(=S)C1(NC(=O)c2cc(F)c(Cl)cc2F)CCCC1. The Bertz CT molecular complexity index is 574. The summed E-state index contributed by atoms with van der Waals surface area (Å²) in [7, 11) is 0. The van der Waals surface area contributed by atoms with Crippen LogP contribution in [-0.4, -0.2) is 16.4 Å². The van der Waals surface area contributed by atoms with E-state index in [4.69, 9.17) is 29.6 Å². The highest BCUT2D eigenvalue weighted by atomic mass is 35.5. The van der Waals surface area contributed by atoms with Crippen molar-refractivity contribution >= 4 is 34.7 Å². The van der Waals surface area contributed by atoms with E-state index < -0.39 is 28.6 Å². The van der Waals surface area contributed by atoms with Crippen LogP contribution in [0.3, 0.4) is 0 Å². The van der Waals surface area contributed by atoms with Crippen LogP contribution in [0.1, 0.15) is 36.0 Å². The Morgan fingerprint density at radius 3 is 2.45 bits per heavy atom. The van der Waals surface area contributed by atoms with Gasteiger partial charge in [0.15, 0.2) is 0 Å². The van der Waals surface area contributed by atoms with Gasteiger partial charge in [0.25, 0.3) is 5.91 Å². The van der Waals surface area contributed by atoms with Gasteiger partial charge in [-0.3, -0.25) is 4.79 Å². The predicted molar refractivity (Wildman–Crippen MR) is 76.8 cm³/mol. The van der Waals surface area contributed by atoms with Gasteiger partial charge in [0, 0.05) is 0 Å². The van der Waals surface area contributed by atoms with Crippen molar-refractivity contribution < 1.29 is 13.6 Å². The number of hydrogen-bond acceptors (Lipinski definition) is 2. The number of hydrogen-bond donors (Lipinski definition) is 2. The van der Waals surface area contributed by atoms with E-state index in [0.717, 1.165) is 25.0 Å². The summed E-state index contributed by atoms with van der Waals surface area (Å²) in [5, 5.41) is 2.27. The van der Waals surface area contributed by atoms with Crippen molar-refractivity contribution in [3.63, 3.8) is 0 Å². The average Bonchev–Trinajstić information content (AvgIpc) is 2.83. The standard InChI is InChI=1S/C13H13ClF2N2OS/c14-8-6-9(15)7(5-10(8)16)11(19)18-13(12(17)20)3-1-2-4-13/h5-6H,1-4H2,(H2,17,20)(H,18,19). The van der Waals surface area contributed by atoms with Crippen molar-refractivity contribution in [2.75, 3.05) is 0 Å². The van der Waals surface area contributed by atoms with Crippen LogP contribution in [0, 0.1) is 11.6 Å². The molecule has 1 fully saturated rings. The molecule has 0 bridgehead atoms. The van der Waals surface area contributed by atoms with E-state index in [1.807, 2.05) is 0 Å². The van der Waals surface area contributed by atoms with Crippen LogP contribution >= 0.6 is 23.8 Å². The van der Waals surface area contributed by atoms with Crippen LogP contribution in [0.25, 0.3) is 0 Å². The fraction of sp³-hybridized carbons (Fsp3) is 0.385. The monoisotopic (exact) mass is 318 g/mol. The topological polar surface area (TPSA) is 55.1 Å². The van der Waals surface area contributed by atoms with Crippen molar-refractivity contribution in [1.82, 2.24) is 5.32 Å². The van der Waals surface area contributed by atoms with Crippen LogP contribution in [0.4, 0.5) is 8.78 Å². The smallest absolute Gasteiger partial charge is 0.255 e. The van der Waals surface area contributed by atoms with Crippen LogP contribution in [0.5, 0.6) is 0 Å². The predicted octanol–water partition coefficient (Wildman–Crippen LogP) is 2.95. The normalized spacial score (nSPS) is 16.9. The molecule has 20 heavy (non-hydrogen) atoms. The van der Waals surface area contributed by atoms with Gasteiger partial charge in [0.05, 0.1) is 21.1 Å². The molecule has 1 aliphatic rings. The minimum atomic E-state index is -0.884. The summed E-state index contributed by atoms with van der Waals surface area (Å²) in [6.45, 7) is 0.